The smallest absolute Gasteiger partial charge is 0.295 e. The third-order valence-electron chi connectivity index (χ3n) is 4.09. The highest BCUT2D eigenvalue weighted by molar-refractivity contribution is 7.21. The number of hydrogen-bond donors (Lipinski definition) is 0. The van der Waals surface area contributed by atoms with Crippen LogP contribution in [0, 0.1) is 0 Å². The van der Waals surface area contributed by atoms with E-state index in [1.54, 1.807) is 4.57 Å². The molecule has 0 saturated heterocycles. The van der Waals surface area contributed by atoms with Gasteiger partial charge in [0.15, 0.2) is 10.3 Å². The Morgan fingerprint density at radius 1 is 1.08 bits per heavy atom. The van der Waals surface area contributed by atoms with Gasteiger partial charge >= 0.3 is 6.18 Å². The Kier molecular flexibility index (Phi) is 3.45. The van der Waals surface area contributed by atoms with E-state index in [1.165, 1.54) is 23.5 Å². The highest BCUT2D eigenvalue weighted by atomic mass is 32.1. The quantitative estimate of drug-likeness (QED) is 0.669. The number of benzene rings is 1. The molecule has 0 atom stereocenters. The summed E-state index contributed by atoms with van der Waals surface area (Å²) in [5.41, 5.74) is -0.0287. The van der Waals surface area contributed by atoms with Gasteiger partial charge in [0.1, 0.15) is 10.8 Å². The summed E-state index contributed by atoms with van der Waals surface area (Å²) in [6.45, 7) is 0.643. The van der Waals surface area contributed by atoms with E-state index in [0.29, 0.717) is 27.5 Å². The second-order valence-corrected chi connectivity index (χ2v) is 6.67. The van der Waals surface area contributed by atoms with Crippen LogP contribution in [0.15, 0.2) is 29.1 Å². The van der Waals surface area contributed by atoms with E-state index in [4.69, 9.17) is 0 Å². The van der Waals surface area contributed by atoms with E-state index < -0.39 is 11.7 Å². The van der Waals surface area contributed by atoms with E-state index in [9.17, 15) is 18.0 Å². The first-order chi connectivity index (χ1) is 11.4. The molecule has 0 N–H and O–H groups in total. The lowest BCUT2D eigenvalue weighted by atomic mass is 10.1. The Bertz CT molecular complexity index is 973. The highest BCUT2D eigenvalue weighted by Crippen LogP contribution is 2.33. The van der Waals surface area contributed by atoms with Crippen LogP contribution in [0.1, 0.15) is 24.2 Å². The number of nitrogens with zero attached hydrogens (tertiary/aromatic N) is 3. The molecule has 4 nitrogen and oxygen atoms in total. The van der Waals surface area contributed by atoms with Crippen LogP contribution in [-0.4, -0.2) is 14.5 Å². The number of halogens is 3. The summed E-state index contributed by atoms with van der Waals surface area (Å²) in [4.78, 5) is 21.9. The summed E-state index contributed by atoms with van der Waals surface area (Å²) in [6, 6.07) is 4.79. The fourth-order valence-corrected chi connectivity index (χ4v) is 3.80. The van der Waals surface area contributed by atoms with Gasteiger partial charge in [-0.15, -0.1) is 0 Å². The van der Waals surface area contributed by atoms with Gasteiger partial charge in [0.25, 0.3) is 5.56 Å². The molecule has 1 aromatic carbocycles. The average molecular weight is 351 g/mol. The maximum atomic E-state index is 12.6. The predicted octanol–water partition coefficient (Wildman–Crippen LogP) is 3.88. The van der Waals surface area contributed by atoms with Crippen molar-refractivity contribution in [2.24, 2.45) is 0 Å². The number of hydrogen-bond acceptors (Lipinski definition) is 4. The van der Waals surface area contributed by atoms with Crippen molar-refractivity contribution in [3.05, 3.63) is 46.0 Å². The second-order valence-electron chi connectivity index (χ2n) is 5.69. The van der Waals surface area contributed by atoms with E-state index in [-0.39, 0.29) is 5.56 Å². The van der Waals surface area contributed by atoms with Gasteiger partial charge in [-0.25, -0.2) is 9.97 Å². The van der Waals surface area contributed by atoms with Crippen molar-refractivity contribution in [2.45, 2.75) is 32.0 Å². The van der Waals surface area contributed by atoms with Crippen molar-refractivity contribution in [1.29, 1.82) is 0 Å². The molecular formula is C16H12F3N3OS. The van der Waals surface area contributed by atoms with Crippen LogP contribution in [0.3, 0.4) is 0 Å². The molecule has 0 bridgehead atoms. The van der Waals surface area contributed by atoms with Crippen LogP contribution in [-0.2, 0) is 19.1 Å². The molecule has 124 valence electrons. The monoisotopic (exact) mass is 351 g/mol. The van der Waals surface area contributed by atoms with Crippen molar-refractivity contribution >= 4 is 21.7 Å². The third-order valence-corrected chi connectivity index (χ3v) is 5.09. The van der Waals surface area contributed by atoms with Gasteiger partial charge < -0.3 is 0 Å². The van der Waals surface area contributed by atoms with Crippen molar-refractivity contribution < 1.29 is 13.2 Å². The lowest BCUT2D eigenvalue weighted by Crippen LogP contribution is -2.28. The number of fused-ring (bicyclic) bond motifs is 2. The van der Waals surface area contributed by atoms with E-state index in [2.05, 4.69) is 9.97 Å². The lowest BCUT2D eigenvalue weighted by molar-refractivity contribution is -0.137. The maximum Gasteiger partial charge on any atom is 0.416 e. The number of aromatic nitrogens is 3. The first-order valence-electron chi connectivity index (χ1n) is 7.51. The molecule has 0 radical (unpaired) electrons. The van der Waals surface area contributed by atoms with Gasteiger partial charge in [0.05, 0.1) is 5.56 Å². The van der Waals surface area contributed by atoms with Crippen molar-refractivity contribution in [3.63, 3.8) is 0 Å². The molecule has 24 heavy (non-hydrogen) atoms. The van der Waals surface area contributed by atoms with Gasteiger partial charge in [-0.2, -0.15) is 13.2 Å². The summed E-state index contributed by atoms with van der Waals surface area (Å²) in [7, 11) is 0. The molecule has 8 heteroatoms. The number of thiazole rings is 1. The molecule has 1 aliphatic rings. The molecule has 0 fully saturated rings. The predicted molar refractivity (Wildman–Crippen MR) is 85.1 cm³/mol. The van der Waals surface area contributed by atoms with E-state index >= 15 is 0 Å². The van der Waals surface area contributed by atoms with E-state index in [1.807, 2.05) is 0 Å². The fourth-order valence-electron chi connectivity index (χ4n) is 2.85. The lowest BCUT2D eigenvalue weighted by Gasteiger charge is -2.16. The standard InChI is InChI=1S/C16H12F3N3OS/c17-16(18,19)10-6-4-9(5-7-10)13-21-12-14(24-13)20-11-3-1-2-8-22(11)15(12)23/h4-7H,1-3,8H2. The summed E-state index contributed by atoms with van der Waals surface area (Å²) >= 11 is 1.23. The van der Waals surface area contributed by atoms with Crippen LogP contribution >= 0.6 is 11.3 Å². The van der Waals surface area contributed by atoms with Crippen LogP contribution < -0.4 is 5.56 Å². The molecule has 0 aliphatic carbocycles. The molecule has 0 unspecified atom stereocenters. The molecular weight excluding hydrogens is 339 g/mol. The highest BCUT2D eigenvalue weighted by Gasteiger charge is 2.30. The Balaban J connectivity index is 1.81. The fraction of sp³-hybridized carbons (Fsp3) is 0.312. The topological polar surface area (TPSA) is 47.8 Å². The molecule has 3 aromatic rings. The summed E-state index contributed by atoms with van der Waals surface area (Å²) in [5.74, 6) is 0.765. The van der Waals surface area contributed by atoms with Crippen molar-refractivity contribution in [1.82, 2.24) is 14.5 Å². The maximum absolute atomic E-state index is 12.6. The number of alkyl halides is 3. The molecule has 0 spiro atoms. The third kappa shape index (κ3) is 2.50. The zero-order valence-corrected chi connectivity index (χ0v) is 13.2. The van der Waals surface area contributed by atoms with Crippen LogP contribution in [0.5, 0.6) is 0 Å². The van der Waals surface area contributed by atoms with Crippen molar-refractivity contribution in [2.75, 3.05) is 0 Å². The summed E-state index contributed by atoms with van der Waals surface area (Å²) < 4.78 is 39.6. The van der Waals surface area contributed by atoms with Crippen LogP contribution in [0.25, 0.3) is 20.9 Å². The van der Waals surface area contributed by atoms with Gasteiger partial charge in [-0.05, 0) is 25.0 Å². The molecule has 1 aliphatic heterocycles. The van der Waals surface area contributed by atoms with Gasteiger partial charge in [-0.3, -0.25) is 9.36 Å². The SMILES string of the molecule is O=c1c2nc(-c3ccc(C(F)(F)F)cc3)sc2nc2n1CCCC2. The van der Waals surface area contributed by atoms with Gasteiger partial charge in [-0.1, -0.05) is 23.5 Å². The molecule has 0 saturated carbocycles. The Morgan fingerprint density at radius 3 is 2.54 bits per heavy atom. The zero-order chi connectivity index (χ0) is 16.9. The second kappa shape index (κ2) is 5.41. The first kappa shape index (κ1) is 15.3. The molecule has 2 aromatic heterocycles. The first-order valence-corrected chi connectivity index (χ1v) is 8.33. The number of aryl methyl sites for hydroxylation is 1. The van der Waals surface area contributed by atoms with Crippen LogP contribution in [0.4, 0.5) is 13.2 Å². The Hall–Kier alpha value is -2.22. The van der Waals surface area contributed by atoms with Gasteiger partial charge in [0.2, 0.25) is 0 Å². The molecule has 3 heterocycles. The van der Waals surface area contributed by atoms with Crippen molar-refractivity contribution in [3.8, 4) is 10.6 Å². The van der Waals surface area contributed by atoms with Crippen LogP contribution in [0.2, 0.25) is 0 Å². The minimum atomic E-state index is -4.37. The molecule has 0 amide bonds. The normalized spacial score (nSPS) is 14.8. The van der Waals surface area contributed by atoms with Gasteiger partial charge in [0, 0.05) is 18.5 Å². The Labute approximate surface area is 138 Å². The Morgan fingerprint density at radius 2 is 1.83 bits per heavy atom. The minimum absolute atomic E-state index is 0.163. The zero-order valence-electron chi connectivity index (χ0n) is 12.4. The summed E-state index contributed by atoms with van der Waals surface area (Å²) in [6.07, 6.45) is -1.66. The number of rotatable bonds is 1. The summed E-state index contributed by atoms with van der Waals surface area (Å²) in [5, 5.41) is 0.506. The minimum Gasteiger partial charge on any atom is -0.295 e. The largest absolute Gasteiger partial charge is 0.416 e. The van der Waals surface area contributed by atoms with E-state index in [0.717, 1.165) is 37.2 Å². The average Bonchev–Trinajstić information content (AvgIpc) is 2.99. The molecule has 4 rings (SSSR count).